The van der Waals surface area contributed by atoms with Gasteiger partial charge in [0, 0.05) is 11.6 Å². The Morgan fingerprint density at radius 3 is 2.63 bits per heavy atom. The Balaban J connectivity index is 3.12. The van der Waals surface area contributed by atoms with Crippen LogP contribution in [-0.2, 0) is 4.79 Å². The molecule has 3 N–H and O–H groups in total. The maximum Gasteiger partial charge on any atom is 0.323 e. The number of amides is 1. The predicted octanol–water partition coefficient (Wildman–Crippen LogP) is 2.00. The molecule has 1 aromatic rings. The zero-order valence-corrected chi connectivity index (χ0v) is 11.1. The van der Waals surface area contributed by atoms with Crippen LogP contribution in [0, 0.1) is 5.82 Å². The number of anilines is 1. The average Bonchev–Trinajstić information content (AvgIpc) is 2.32. The number of carbonyl (C=O) groups is 2. The largest absolute Gasteiger partial charge is 0.480 e. The lowest BCUT2D eigenvalue weighted by molar-refractivity contribution is -0.137. The summed E-state index contributed by atoms with van der Waals surface area (Å²) in [5.41, 5.74) is 5.03. The fraction of sp³-hybridized carbons (Fsp3) is 0.333. The highest BCUT2D eigenvalue weighted by molar-refractivity contribution is 6.31. The summed E-state index contributed by atoms with van der Waals surface area (Å²) >= 11 is 5.67. The molecule has 0 heterocycles. The molecule has 0 saturated heterocycles. The molecule has 104 valence electrons. The second-order valence-electron chi connectivity index (χ2n) is 3.97. The van der Waals surface area contributed by atoms with Crippen LogP contribution in [0.4, 0.5) is 10.1 Å². The Morgan fingerprint density at radius 2 is 2.11 bits per heavy atom. The summed E-state index contributed by atoms with van der Waals surface area (Å²) < 4.78 is 13.4. The van der Waals surface area contributed by atoms with Gasteiger partial charge in [0.25, 0.3) is 5.91 Å². The Morgan fingerprint density at radius 1 is 1.47 bits per heavy atom. The summed E-state index contributed by atoms with van der Waals surface area (Å²) in [7, 11) is 0. The van der Waals surface area contributed by atoms with Crippen molar-refractivity contribution in [1.82, 2.24) is 4.90 Å². The Hall–Kier alpha value is -1.82. The first-order valence-corrected chi connectivity index (χ1v) is 6.00. The van der Waals surface area contributed by atoms with Gasteiger partial charge in [-0.1, -0.05) is 18.5 Å². The van der Waals surface area contributed by atoms with E-state index in [1.54, 1.807) is 6.92 Å². The number of nitrogen functional groups attached to an aromatic ring is 1. The minimum atomic E-state index is -1.15. The van der Waals surface area contributed by atoms with Crippen LogP contribution in [0.15, 0.2) is 12.1 Å². The zero-order chi connectivity index (χ0) is 14.6. The first-order valence-electron chi connectivity index (χ1n) is 5.62. The molecule has 0 saturated carbocycles. The number of nitrogens with zero attached hydrogens (tertiary/aromatic N) is 1. The number of nitrogens with two attached hydrogens (primary N) is 1. The molecule has 0 aliphatic heterocycles. The minimum absolute atomic E-state index is 0.0295. The number of carboxylic acids is 1. The molecular formula is C12H14ClFN2O3. The normalized spacial score (nSPS) is 10.3. The molecule has 0 bridgehead atoms. The number of rotatable bonds is 5. The van der Waals surface area contributed by atoms with Crippen molar-refractivity contribution in [3.63, 3.8) is 0 Å². The molecule has 0 radical (unpaired) electrons. The lowest BCUT2D eigenvalue weighted by Gasteiger charge is -2.21. The van der Waals surface area contributed by atoms with Crippen LogP contribution in [0.5, 0.6) is 0 Å². The number of aliphatic carboxylic acids is 1. The van der Waals surface area contributed by atoms with Crippen LogP contribution < -0.4 is 5.73 Å². The standard InChI is InChI=1S/C12H14ClFN2O3/c1-2-3-16(6-10(17)18)12(19)8-4-7(13)5-9(14)11(8)15/h4-5H,2-3,6,15H2,1H3,(H,17,18). The molecule has 1 aromatic carbocycles. The van der Waals surface area contributed by atoms with Crippen molar-refractivity contribution in [3.8, 4) is 0 Å². The fourth-order valence-corrected chi connectivity index (χ4v) is 1.82. The number of benzene rings is 1. The third-order valence-electron chi connectivity index (χ3n) is 2.43. The minimum Gasteiger partial charge on any atom is -0.480 e. The van der Waals surface area contributed by atoms with Crippen molar-refractivity contribution in [2.45, 2.75) is 13.3 Å². The SMILES string of the molecule is CCCN(CC(=O)O)C(=O)c1cc(Cl)cc(F)c1N. The van der Waals surface area contributed by atoms with Gasteiger partial charge in [0.2, 0.25) is 0 Å². The molecule has 1 rings (SSSR count). The van der Waals surface area contributed by atoms with Gasteiger partial charge in [0.1, 0.15) is 12.4 Å². The van der Waals surface area contributed by atoms with Gasteiger partial charge in [-0.15, -0.1) is 0 Å². The van der Waals surface area contributed by atoms with E-state index in [1.165, 1.54) is 6.07 Å². The third-order valence-corrected chi connectivity index (χ3v) is 2.65. The topological polar surface area (TPSA) is 83.6 Å². The Bertz CT molecular complexity index is 508. The quantitative estimate of drug-likeness (QED) is 0.812. The van der Waals surface area contributed by atoms with E-state index < -0.39 is 24.2 Å². The third kappa shape index (κ3) is 3.82. The number of carbonyl (C=O) groups excluding carboxylic acids is 1. The predicted molar refractivity (Wildman–Crippen MR) is 69.7 cm³/mol. The molecule has 0 fully saturated rings. The highest BCUT2D eigenvalue weighted by atomic mass is 35.5. The summed E-state index contributed by atoms with van der Waals surface area (Å²) in [6.07, 6.45) is 0.571. The average molecular weight is 289 g/mol. The molecule has 0 aromatic heterocycles. The van der Waals surface area contributed by atoms with Crippen molar-refractivity contribution in [2.75, 3.05) is 18.8 Å². The highest BCUT2D eigenvalue weighted by Crippen LogP contribution is 2.23. The van der Waals surface area contributed by atoms with Gasteiger partial charge in [-0.25, -0.2) is 4.39 Å². The number of halogens is 2. The van der Waals surface area contributed by atoms with Crippen molar-refractivity contribution in [2.24, 2.45) is 0 Å². The summed E-state index contributed by atoms with van der Waals surface area (Å²) in [6.45, 7) is 1.56. The van der Waals surface area contributed by atoms with E-state index in [4.69, 9.17) is 22.4 Å². The van der Waals surface area contributed by atoms with Gasteiger partial charge in [0.15, 0.2) is 0 Å². The highest BCUT2D eigenvalue weighted by Gasteiger charge is 2.22. The number of hydrogen-bond acceptors (Lipinski definition) is 3. The second kappa shape index (κ2) is 6.38. The molecule has 0 spiro atoms. The van der Waals surface area contributed by atoms with Crippen LogP contribution >= 0.6 is 11.6 Å². The number of hydrogen-bond donors (Lipinski definition) is 2. The molecule has 19 heavy (non-hydrogen) atoms. The van der Waals surface area contributed by atoms with Gasteiger partial charge < -0.3 is 15.7 Å². The van der Waals surface area contributed by atoms with Crippen LogP contribution in [0.3, 0.4) is 0 Å². The second-order valence-corrected chi connectivity index (χ2v) is 4.41. The molecule has 5 nitrogen and oxygen atoms in total. The molecule has 1 amide bonds. The molecule has 0 aliphatic carbocycles. The van der Waals surface area contributed by atoms with E-state index in [-0.39, 0.29) is 22.8 Å². The first kappa shape index (κ1) is 15.2. The van der Waals surface area contributed by atoms with Gasteiger partial charge in [0.05, 0.1) is 11.3 Å². The van der Waals surface area contributed by atoms with E-state index >= 15 is 0 Å². The first-order chi connectivity index (χ1) is 8.86. The van der Waals surface area contributed by atoms with Gasteiger partial charge in [-0.2, -0.15) is 0 Å². The molecule has 7 heteroatoms. The molecule has 0 atom stereocenters. The van der Waals surface area contributed by atoms with Crippen LogP contribution in [-0.4, -0.2) is 35.0 Å². The lowest BCUT2D eigenvalue weighted by atomic mass is 10.1. The van der Waals surface area contributed by atoms with Crippen molar-refractivity contribution >= 4 is 29.2 Å². The van der Waals surface area contributed by atoms with Crippen LogP contribution in [0.2, 0.25) is 5.02 Å². The summed E-state index contributed by atoms with van der Waals surface area (Å²) in [5, 5.41) is 8.79. The van der Waals surface area contributed by atoms with Crippen LogP contribution in [0.25, 0.3) is 0 Å². The van der Waals surface area contributed by atoms with Crippen molar-refractivity contribution in [3.05, 3.63) is 28.5 Å². The van der Waals surface area contributed by atoms with E-state index in [0.29, 0.717) is 6.42 Å². The monoisotopic (exact) mass is 288 g/mol. The molecule has 0 aliphatic rings. The van der Waals surface area contributed by atoms with Crippen LogP contribution in [0.1, 0.15) is 23.7 Å². The van der Waals surface area contributed by atoms with E-state index in [9.17, 15) is 14.0 Å². The Kier molecular flexibility index (Phi) is 5.11. The maximum atomic E-state index is 13.4. The Labute approximate surface area is 114 Å². The van der Waals surface area contributed by atoms with E-state index in [1.807, 2.05) is 0 Å². The molecular weight excluding hydrogens is 275 g/mol. The summed E-state index contributed by atoms with van der Waals surface area (Å²) in [6, 6.07) is 2.22. The number of carboxylic acid groups (broad SMARTS) is 1. The van der Waals surface area contributed by atoms with E-state index in [0.717, 1.165) is 11.0 Å². The van der Waals surface area contributed by atoms with Crippen molar-refractivity contribution < 1.29 is 19.1 Å². The van der Waals surface area contributed by atoms with Gasteiger partial charge >= 0.3 is 5.97 Å². The lowest BCUT2D eigenvalue weighted by Crippen LogP contribution is -2.36. The van der Waals surface area contributed by atoms with Crippen molar-refractivity contribution in [1.29, 1.82) is 0 Å². The van der Waals surface area contributed by atoms with Gasteiger partial charge in [-0.3, -0.25) is 9.59 Å². The summed E-state index contributed by atoms with van der Waals surface area (Å²) in [4.78, 5) is 24.0. The maximum absolute atomic E-state index is 13.4. The fourth-order valence-electron chi connectivity index (χ4n) is 1.62. The summed E-state index contributed by atoms with van der Waals surface area (Å²) in [5.74, 6) is -2.60. The smallest absolute Gasteiger partial charge is 0.323 e. The molecule has 0 unspecified atom stereocenters. The van der Waals surface area contributed by atoms with Gasteiger partial charge in [-0.05, 0) is 18.6 Å². The zero-order valence-electron chi connectivity index (χ0n) is 10.3. The van der Waals surface area contributed by atoms with E-state index in [2.05, 4.69) is 0 Å².